The largest absolute Gasteiger partial charge is 0.324 e. The molecule has 0 aliphatic carbocycles. The van der Waals surface area contributed by atoms with Gasteiger partial charge in [0.05, 0.1) is 7.14 Å². The Balaban J connectivity index is 3.11. The molecule has 5 heteroatoms. The van der Waals surface area contributed by atoms with E-state index >= 15 is 0 Å². The predicted octanol–water partition coefficient (Wildman–Crippen LogP) is 3.23. The monoisotopic (exact) mass is 222 g/mol. The van der Waals surface area contributed by atoms with Gasteiger partial charge in [-0.1, -0.05) is 0 Å². The standard InChI is InChI=1S/C9H10F3OP/c1-14(2,13)5-6-3-8(11)9(12)4-7(6)10/h3-4H,5H2,1-2H3. The second-order valence-electron chi connectivity index (χ2n) is 3.59. The minimum atomic E-state index is -2.48. The molecule has 0 amide bonds. The van der Waals surface area contributed by atoms with Gasteiger partial charge in [-0.15, -0.1) is 0 Å². The first-order valence-corrected chi connectivity index (χ1v) is 6.75. The second kappa shape index (κ2) is 3.77. The molecule has 0 heterocycles. The van der Waals surface area contributed by atoms with Crippen molar-refractivity contribution >= 4 is 7.14 Å². The van der Waals surface area contributed by atoms with Gasteiger partial charge in [0, 0.05) is 12.2 Å². The average molecular weight is 222 g/mol. The smallest absolute Gasteiger partial charge is 0.161 e. The molecule has 0 saturated heterocycles. The van der Waals surface area contributed by atoms with Crippen molar-refractivity contribution in [2.45, 2.75) is 6.16 Å². The summed E-state index contributed by atoms with van der Waals surface area (Å²) >= 11 is 0. The minimum Gasteiger partial charge on any atom is -0.324 e. The Labute approximate surface area is 80.3 Å². The highest BCUT2D eigenvalue weighted by molar-refractivity contribution is 7.61. The van der Waals surface area contributed by atoms with Crippen LogP contribution in [0.5, 0.6) is 0 Å². The lowest BCUT2D eigenvalue weighted by atomic mass is 10.2. The Morgan fingerprint density at radius 3 is 2.07 bits per heavy atom. The first kappa shape index (κ1) is 11.3. The van der Waals surface area contributed by atoms with Gasteiger partial charge in [-0.3, -0.25) is 0 Å². The summed E-state index contributed by atoms with van der Waals surface area (Å²) < 4.78 is 49.6. The van der Waals surface area contributed by atoms with E-state index in [9.17, 15) is 17.7 Å². The lowest BCUT2D eigenvalue weighted by molar-refractivity contribution is 0.491. The molecule has 0 atom stereocenters. The Kier molecular flexibility index (Phi) is 3.05. The van der Waals surface area contributed by atoms with E-state index in [2.05, 4.69) is 0 Å². The van der Waals surface area contributed by atoms with Gasteiger partial charge in [0.2, 0.25) is 0 Å². The maximum Gasteiger partial charge on any atom is 0.161 e. The second-order valence-corrected chi connectivity index (χ2v) is 7.05. The van der Waals surface area contributed by atoms with Crippen molar-refractivity contribution < 1.29 is 17.7 Å². The summed E-state index contributed by atoms with van der Waals surface area (Å²) in [5, 5.41) is 0. The molecule has 14 heavy (non-hydrogen) atoms. The van der Waals surface area contributed by atoms with Crippen molar-refractivity contribution in [3.63, 3.8) is 0 Å². The van der Waals surface area contributed by atoms with Crippen LogP contribution in [0.4, 0.5) is 13.2 Å². The molecule has 0 aromatic heterocycles. The number of hydrogen-bond acceptors (Lipinski definition) is 1. The Hall–Kier alpha value is -0.760. The highest BCUT2D eigenvalue weighted by Crippen LogP contribution is 2.41. The van der Waals surface area contributed by atoms with E-state index in [0.717, 1.165) is 6.07 Å². The third kappa shape index (κ3) is 2.88. The first-order valence-electron chi connectivity index (χ1n) is 3.97. The van der Waals surface area contributed by atoms with Gasteiger partial charge in [0.1, 0.15) is 5.82 Å². The van der Waals surface area contributed by atoms with E-state index in [0.29, 0.717) is 6.07 Å². The van der Waals surface area contributed by atoms with Crippen molar-refractivity contribution in [2.24, 2.45) is 0 Å². The average Bonchev–Trinajstić information content (AvgIpc) is 1.97. The molecule has 0 spiro atoms. The summed E-state index contributed by atoms with van der Waals surface area (Å²) in [5.74, 6) is -3.20. The molecule has 0 N–H and O–H groups in total. The van der Waals surface area contributed by atoms with Crippen LogP contribution < -0.4 is 0 Å². The summed E-state index contributed by atoms with van der Waals surface area (Å²) in [5.41, 5.74) is -0.0442. The van der Waals surface area contributed by atoms with Gasteiger partial charge in [-0.25, -0.2) is 13.2 Å². The van der Waals surface area contributed by atoms with Gasteiger partial charge >= 0.3 is 0 Å². The molecule has 0 bridgehead atoms. The maximum absolute atomic E-state index is 13.0. The molecule has 1 nitrogen and oxygen atoms in total. The molecule has 0 radical (unpaired) electrons. The van der Waals surface area contributed by atoms with Crippen molar-refractivity contribution in [1.82, 2.24) is 0 Å². The summed E-state index contributed by atoms with van der Waals surface area (Å²) in [7, 11) is -2.48. The van der Waals surface area contributed by atoms with Gasteiger partial charge in [-0.2, -0.15) is 0 Å². The van der Waals surface area contributed by atoms with Gasteiger partial charge in [-0.05, 0) is 25.0 Å². The molecule has 0 aliphatic heterocycles. The molecule has 78 valence electrons. The fourth-order valence-corrected chi connectivity index (χ4v) is 2.16. The quantitative estimate of drug-likeness (QED) is 0.554. The number of halogens is 3. The molecule has 1 rings (SSSR count). The van der Waals surface area contributed by atoms with E-state index < -0.39 is 24.6 Å². The summed E-state index contributed by atoms with van der Waals surface area (Å²) in [6.45, 7) is 2.93. The van der Waals surface area contributed by atoms with E-state index in [1.54, 1.807) is 0 Å². The molecule has 0 saturated carbocycles. The Morgan fingerprint density at radius 2 is 1.57 bits per heavy atom. The zero-order valence-corrected chi connectivity index (χ0v) is 8.75. The molecule has 0 fully saturated rings. The Morgan fingerprint density at radius 1 is 1.07 bits per heavy atom. The molecule has 1 aromatic carbocycles. The maximum atomic E-state index is 13.0. The van der Waals surface area contributed by atoms with Crippen molar-refractivity contribution in [3.05, 3.63) is 35.1 Å². The molecule has 0 aliphatic rings. The number of hydrogen-bond donors (Lipinski definition) is 0. The van der Waals surface area contributed by atoms with Crippen molar-refractivity contribution in [2.75, 3.05) is 13.3 Å². The fraction of sp³-hybridized carbons (Fsp3) is 0.333. The van der Waals surface area contributed by atoms with Crippen molar-refractivity contribution in [3.8, 4) is 0 Å². The van der Waals surface area contributed by atoms with E-state index in [1.165, 1.54) is 13.3 Å². The minimum absolute atomic E-state index is 0.0442. The van der Waals surface area contributed by atoms with Crippen LogP contribution in [-0.4, -0.2) is 13.3 Å². The third-order valence-corrected chi connectivity index (χ3v) is 2.74. The van der Waals surface area contributed by atoms with E-state index in [4.69, 9.17) is 0 Å². The molecule has 0 unspecified atom stereocenters. The van der Waals surface area contributed by atoms with Gasteiger partial charge < -0.3 is 4.57 Å². The number of rotatable bonds is 2. The van der Waals surface area contributed by atoms with Crippen LogP contribution in [0.2, 0.25) is 0 Å². The van der Waals surface area contributed by atoms with Crippen molar-refractivity contribution in [1.29, 1.82) is 0 Å². The van der Waals surface area contributed by atoms with Gasteiger partial charge in [0.25, 0.3) is 0 Å². The summed E-state index contributed by atoms with van der Waals surface area (Å²) in [6, 6.07) is 1.23. The van der Waals surface area contributed by atoms with Crippen LogP contribution in [0, 0.1) is 17.5 Å². The number of benzene rings is 1. The van der Waals surface area contributed by atoms with Crippen LogP contribution in [0.15, 0.2) is 12.1 Å². The zero-order valence-electron chi connectivity index (χ0n) is 7.85. The van der Waals surface area contributed by atoms with E-state index in [-0.39, 0.29) is 11.7 Å². The lowest BCUT2D eigenvalue weighted by Crippen LogP contribution is -1.95. The SMILES string of the molecule is CP(C)(=O)Cc1cc(F)c(F)cc1F. The third-order valence-electron chi connectivity index (χ3n) is 1.64. The van der Waals surface area contributed by atoms with Gasteiger partial charge in [0.15, 0.2) is 11.6 Å². The molecular weight excluding hydrogens is 212 g/mol. The highest BCUT2D eigenvalue weighted by atomic mass is 31.2. The predicted molar refractivity (Wildman–Crippen MR) is 49.5 cm³/mol. The lowest BCUT2D eigenvalue weighted by Gasteiger charge is -2.07. The zero-order chi connectivity index (χ0) is 10.9. The summed E-state index contributed by atoms with van der Waals surface area (Å²) in [6.07, 6.45) is -0.0595. The Bertz CT molecular complexity index is 397. The topological polar surface area (TPSA) is 17.1 Å². The van der Waals surface area contributed by atoms with E-state index in [1.807, 2.05) is 0 Å². The van der Waals surface area contributed by atoms with Crippen LogP contribution in [0.1, 0.15) is 5.56 Å². The van der Waals surface area contributed by atoms with Crippen LogP contribution in [0.3, 0.4) is 0 Å². The van der Waals surface area contributed by atoms with Crippen LogP contribution >= 0.6 is 7.14 Å². The first-order chi connectivity index (χ1) is 6.29. The fourth-order valence-electron chi connectivity index (χ4n) is 1.10. The molecular formula is C9H10F3OP. The van der Waals surface area contributed by atoms with Crippen LogP contribution in [0.25, 0.3) is 0 Å². The summed E-state index contributed by atoms with van der Waals surface area (Å²) in [4.78, 5) is 0. The normalized spacial score (nSPS) is 11.8. The molecule has 1 aromatic rings. The highest BCUT2D eigenvalue weighted by Gasteiger charge is 2.15. The van der Waals surface area contributed by atoms with Crippen LogP contribution in [-0.2, 0) is 10.7 Å².